The maximum atomic E-state index is 13.1. The summed E-state index contributed by atoms with van der Waals surface area (Å²) in [6.45, 7) is 6.35. The van der Waals surface area contributed by atoms with E-state index < -0.39 is 8.96 Å². The first-order valence-corrected chi connectivity index (χ1v) is 14.7. The smallest absolute Gasteiger partial charge is 0.244 e. The molecule has 0 fully saturated rings. The monoisotopic (exact) mass is 483 g/mol. The Morgan fingerprint density at radius 1 is 1.09 bits per heavy atom. The topological polar surface area (TPSA) is 71.1 Å². The Morgan fingerprint density at radius 3 is 2.53 bits per heavy atom. The van der Waals surface area contributed by atoms with Gasteiger partial charge in [0.1, 0.15) is 0 Å². The van der Waals surface area contributed by atoms with E-state index in [1.54, 1.807) is 17.8 Å². The van der Waals surface area contributed by atoms with Gasteiger partial charge in [-0.15, -0.1) is 11.3 Å². The van der Waals surface area contributed by atoms with Crippen LogP contribution >= 0.6 is 23.1 Å². The zero-order chi connectivity index (χ0) is 23.1. The van der Waals surface area contributed by atoms with Crippen molar-refractivity contribution in [3.63, 3.8) is 0 Å². The van der Waals surface area contributed by atoms with Crippen LogP contribution in [-0.2, 0) is 5.41 Å². The van der Waals surface area contributed by atoms with Crippen molar-refractivity contribution in [3.8, 4) is 11.3 Å². The summed E-state index contributed by atoms with van der Waals surface area (Å²) >= 11 is 3.07. The van der Waals surface area contributed by atoms with E-state index in [1.807, 2.05) is 60.2 Å². The third-order valence-electron chi connectivity index (χ3n) is 5.03. The van der Waals surface area contributed by atoms with Crippen LogP contribution in [0, 0.1) is 0 Å². The van der Waals surface area contributed by atoms with Crippen LogP contribution < -0.4 is 10.3 Å². The fourth-order valence-corrected chi connectivity index (χ4v) is 7.18. The van der Waals surface area contributed by atoms with Crippen LogP contribution in [0.2, 0.25) is 6.04 Å². The highest BCUT2D eigenvalue weighted by Gasteiger charge is 2.25. The number of hydrogen-bond donors (Lipinski definition) is 2. The molecule has 2 aromatic carbocycles. The number of nitrogens with one attached hydrogen (secondary N) is 2. The van der Waals surface area contributed by atoms with Gasteiger partial charge in [-0.3, -0.25) is 9.59 Å². The molecule has 8 heteroatoms. The standard InChI is InChI=1S/C24H29N3O2S2Si/c1-24(2,3)19-12-8-11-18(15-19)21(28)27-32(14-13-30-4)23(29)26-22-25-20(16-31-22)17-9-6-5-7-10-17/h5-12,15-16,32H,13-14H2,1-4H3,(H,27,28)(H,25,26,29)/t32-/m0/s1. The van der Waals surface area contributed by atoms with Gasteiger partial charge in [0.15, 0.2) is 5.13 Å². The summed E-state index contributed by atoms with van der Waals surface area (Å²) in [5.74, 6) is 0.632. The molecular weight excluding hydrogens is 455 g/mol. The van der Waals surface area contributed by atoms with Crippen LogP contribution in [-0.4, -0.2) is 37.4 Å². The number of benzene rings is 2. The summed E-state index contributed by atoms with van der Waals surface area (Å²) in [6, 6.07) is 18.2. The van der Waals surface area contributed by atoms with Gasteiger partial charge in [0.05, 0.1) is 5.69 Å². The molecule has 0 spiro atoms. The summed E-state index contributed by atoms with van der Waals surface area (Å²) in [4.78, 5) is 33.6. The quantitative estimate of drug-likeness (QED) is 0.401. The zero-order valence-electron chi connectivity index (χ0n) is 18.8. The first kappa shape index (κ1) is 24.2. The first-order valence-electron chi connectivity index (χ1n) is 10.5. The lowest BCUT2D eigenvalue weighted by Gasteiger charge is -2.20. The fraction of sp³-hybridized carbons (Fsp3) is 0.292. The Hall–Kier alpha value is -2.42. The van der Waals surface area contributed by atoms with Crippen molar-refractivity contribution in [1.29, 1.82) is 0 Å². The zero-order valence-corrected chi connectivity index (χ0v) is 21.6. The first-order chi connectivity index (χ1) is 15.3. The van der Waals surface area contributed by atoms with E-state index in [4.69, 9.17) is 0 Å². The van der Waals surface area contributed by atoms with E-state index in [-0.39, 0.29) is 16.9 Å². The molecule has 0 saturated carbocycles. The summed E-state index contributed by atoms with van der Waals surface area (Å²) in [5.41, 5.74) is 3.35. The number of hydrogen-bond acceptors (Lipinski definition) is 5. The predicted octanol–water partition coefficient (Wildman–Crippen LogP) is 5.74. The van der Waals surface area contributed by atoms with Crippen molar-refractivity contribution in [3.05, 3.63) is 71.1 Å². The van der Waals surface area contributed by atoms with Crippen molar-refractivity contribution >= 4 is 48.6 Å². The molecular formula is C24H29N3O2S2Si. The summed E-state index contributed by atoms with van der Waals surface area (Å²) in [5, 5.41) is 5.43. The number of amides is 2. The Balaban J connectivity index is 1.71. The number of aromatic nitrogens is 1. The molecule has 2 N–H and O–H groups in total. The lowest BCUT2D eigenvalue weighted by atomic mass is 9.86. The molecule has 0 saturated heterocycles. The second-order valence-corrected chi connectivity index (χ2v) is 12.9. The van der Waals surface area contributed by atoms with Gasteiger partial charge in [0.2, 0.25) is 20.4 Å². The largest absolute Gasteiger partial charge is 0.372 e. The summed E-state index contributed by atoms with van der Waals surface area (Å²) in [6.07, 6.45) is 2.00. The Labute approximate surface area is 199 Å². The minimum absolute atomic E-state index is 0.0509. The van der Waals surface area contributed by atoms with Gasteiger partial charge in [-0.2, -0.15) is 11.8 Å². The minimum atomic E-state index is -2.27. The van der Waals surface area contributed by atoms with Crippen LogP contribution in [0.3, 0.4) is 0 Å². The van der Waals surface area contributed by atoms with Crippen LogP contribution in [0.15, 0.2) is 60.0 Å². The van der Waals surface area contributed by atoms with E-state index in [2.05, 4.69) is 36.1 Å². The second-order valence-electron chi connectivity index (χ2n) is 8.53. The highest BCUT2D eigenvalue weighted by Crippen LogP contribution is 2.25. The lowest BCUT2D eigenvalue weighted by Crippen LogP contribution is -2.47. The SMILES string of the molecule is CSCC[Si@H](NC(=O)c1cccc(C(C)(C)C)c1)C(=O)Nc1nc(-c2ccccc2)cs1. The number of carbonyl (C=O) groups excluding carboxylic acids is 2. The maximum Gasteiger partial charge on any atom is 0.244 e. The number of rotatable bonds is 8. The third kappa shape index (κ3) is 6.54. The molecule has 3 rings (SSSR count). The van der Waals surface area contributed by atoms with Gasteiger partial charge >= 0.3 is 0 Å². The number of anilines is 1. The number of thioether (sulfide) groups is 1. The molecule has 0 unspecified atom stereocenters. The van der Waals surface area contributed by atoms with Crippen LogP contribution in [0.4, 0.5) is 9.93 Å². The number of thiazole rings is 1. The van der Waals surface area contributed by atoms with Crippen LogP contribution in [0.5, 0.6) is 0 Å². The normalized spacial score (nSPS) is 12.2. The molecule has 32 heavy (non-hydrogen) atoms. The highest BCUT2D eigenvalue weighted by molar-refractivity contribution is 7.98. The van der Waals surface area contributed by atoms with Crippen molar-refractivity contribution < 1.29 is 9.59 Å². The number of nitrogens with zero attached hydrogens (tertiary/aromatic N) is 1. The van der Waals surface area contributed by atoms with E-state index in [0.717, 1.165) is 22.6 Å². The van der Waals surface area contributed by atoms with Gasteiger partial charge in [-0.05, 0) is 41.2 Å². The van der Waals surface area contributed by atoms with Crippen LogP contribution in [0.1, 0.15) is 36.7 Å². The van der Waals surface area contributed by atoms with E-state index in [0.29, 0.717) is 16.7 Å². The van der Waals surface area contributed by atoms with Crippen molar-refractivity contribution in [2.45, 2.75) is 32.2 Å². The molecule has 3 aromatic rings. The van der Waals surface area contributed by atoms with Gasteiger partial charge in [-0.25, -0.2) is 4.98 Å². The third-order valence-corrected chi connectivity index (χ3v) is 9.10. The molecule has 0 aliphatic carbocycles. The average Bonchev–Trinajstić information content (AvgIpc) is 3.25. The van der Waals surface area contributed by atoms with Gasteiger partial charge in [0.25, 0.3) is 0 Å². The molecule has 5 nitrogen and oxygen atoms in total. The van der Waals surface area contributed by atoms with Gasteiger partial charge in [0, 0.05) is 16.5 Å². The van der Waals surface area contributed by atoms with Crippen molar-refractivity contribution in [2.24, 2.45) is 0 Å². The number of carbonyl (C=O) groups is 2. The maximum absolute atomic E-state index is 13.1. The lowest BCUT2D eigenvalue weighted by molar-refractivity contribution is 0.0979. The molecule has 1 aromatic heterocycles. The Bertz CT molecular complexity index is 1060. The fourth-order valence-electron chi connectivity index (χ4n) is 3.14. The van der Waals surface area contributed by atoms with E-state index in [1.165, 1.54) is 11.3 Å². The molecule has 0 aliphatic heterocycles. The molecule has 0 radical (unpaired) electrons. The summed E-state index contributed by atoms with van der Waals surface area (Å²) < 4.78 is 0. The average molecular weight is 484 g/mol. The van der Waals surface area contributed by atoms with Crippen molar-refractivity contribution in [2.75, 3.05) is 17.3 Å². The Kier molecular flexibility index (Phi) is 8.28. The van der Waals surface area contributed by atoms with Gasteiger partial charge < -0.3 is 10.3 Å². The molecule has 2 amide bonds. The Morgan fingerprint density at radius 2 is 1.84 bits per heavy atom. The van der Waals surface area contributed by atoms with Gasteiger partial charge in [-0.1, -0.05) is 63.2 Å². The predicted molar refractivity (Wildman–Crippen MR) is 140 cm³/mol. The van der Waals surface area contributed by atoms with Crippen LogP contribution in [0.25, 0.3) is 11.3 Å². The molecule has 1 heterocycles. The van der Waals surface area contributed by atoms with E-state index >= 15 is 0 Å². The van der Waals surface area contributed by atoms with E-state index in [9.17, 15) is 9.59 Å². The molecule has 168 valence electrons. The molecule has 0 bridgehead atoms. The highest BCUT2D eigenvalue weighted by atomic mass is 32.2. The molecule has 0 aliphatic rings. The van der Waals surface area contributed by atoms with Crippen molar-refractivity contribution in [1.82, 2.24) is 9.97 Å². The molecule has 1 atom stereocenters. The second kappa shape index (κ2) is 10.9. The summed E-state index contributed by atoms with van der Waals surface area (Å²) in [7, 11) is -2.27. The minimum Gasteiger partial charge on any atom is -0.372 e.